The Hall–Kier alpha value is -3.41. The number of fused-ring (bicyclic) bond motifs is 3. The predicted molar refractivity (Wildman–Crippen MR) is 122 cm³/mol. The maximum atomic E-state index is 13.1. The van der Waals surface area contributed by atoms with Gasteiger partial charge in [-0.05, 0) is 36.8 Å². The van der Waals surface area contributed by atoms with Crippen molar-refractivity contribution in [1.29, 1.82) is 0 Å². The number of nitrogens with zero attached hydrogens (tertiary/aromatic N) is 4. The molecule has 0 saturated carbocycles. The fraction of sp³-hybridized carbons (Fsp3) is 0.320. The number of carbonyl (C=O) groups is 1. The first-order chi connectivity index (χ1) is 15.1. The molecule has 0 radical (unpaired) electrons. The molecule has 5 rings (SSSR count). The topological polar surface area (TPSA) is 60.1 Å². The molecule has 0 N–H and O–H groups in total. The van der Waals surface area contributed by atoms with Crippen LogP contribution in [0.25, 0.3) is 21.8 Å². The van der Waals surface area contributed by atoms with Gasteiger partial charge in [-0.15, -0.1) is 0 Å². The van der Waals surface area contributed by atoms with Crippen molar-refractivity contribution < 1.29 is 4.79 Å². The van der Waals surface area contributed by atoms with Crippen LogP contribution >= 0.6 is 0 Å². The number of likely N-dealkylation sites (tertiary alicyclic amines) is 1. The number of aromatic nitrogens is 3. The molecule has 0 atom stereocenters. The van der Waals surface area contributed by atoms with E-state index in [9.17, 15) is 9.59 Å². The van der Waals surface area contributed by atoms with E-state index in [1.807, 2.05) is 46.8 Å². The molecule has 1 aliphatic rings. The van der Waals surface area contributed by atoms with E-state index in [0.717, 1.165) is 48.6 Å². The van der Waals surface area contributed by atoms with Crippen molar-refractivity contribution in [3.63, 3.8) is 0 Å². The van der Waals surface area contributed by atoms with Crippen LogP contribution in [0.2, 0.25) is 0 Å². The van der Waals surface area contributed by atoms with E-state index in [-0.39, 0.29) is 18.0 Å². The summed E-state index contributed by atoms with van der Waals surface area (Å²) >= 11 is 0. The molecular formula is C25H26N4O2. The lowest BCUT2D eigenvalue weighted by molar-refractivity contribution is -0.133. The summed E-state index contributed by atoms with van der Waals surface area (Å²) in [7, 11) is 1.88. The van der Waals surface area contributed by atoms with Crippen LogP contribution in [-0.4, -0.2) is 38.2 Å². The van der Waals surface area contributed by atoms with E-state index in [2.05, 4.69) is 29.4 Å². The highest BCUT2D eigenvalue weighted by Gasteiger charge is 2.24. The quantitative estimate of drug-likeness (QED) is 0.514. The van der Waals surface area contributed by atoms with E-state index < -0.39 is 0 Å². The van der Waals surface area contributed by atoms with E-state index in [0.29, 0.717) is 11.4 Å². The predicted octanol–water partition coefficient (Wildman–Crippen LogP) is 3.37. The summed E-state index contributed by atoms with van der Waals surface area (Å²) < 4.78 is 3.20. The Labute approximate surface area is 180 Å². The summed E-state index contributed by atoms with van der Waals surface area (Å²) in [6, 6.07) is 18.4. The smallest absolute Gasteiger partial charge is 0.291 e. The zero-order chi connectivity index (χ0) is 21.4. The Bertz CT molecular complexity index is 1300. The third-order valence-electron chi connectivity index (χ3n) is 6.53. The second kappa shape index (κ2) is 8.02. The number of hydrogen-bond donors (Lipinski definition) is 0. The van der Waals surface area contributed by atoms with Crippen LogP contribution in [0, 0.1) is 5.92 Å². The summed E-state index contributed by atoms with van der Waals surface area (Å²) in [4.78, 5) is 27.9. The lowest BCUT2D eigenvalue weighted by Gasteiger charge is -2.32. The number of para-hydroxylation sites is 1. The number of hydrogen-bond acceptors (Lipinski definition) is 3. The Morgan fingerprint density at radius 3 is 2.48 bits per heavy atom. The maximum Gasteiger partial charge on any atom is 0.291 e. The number of carbonyl (C=O) groups excluding carboxylic acids is 1. The van der Waals surface area contributed by atoms with Crippen LogP contribution < -0.4 is 5.56 Å². The van der Waals surface area contributed by atoms with Crippen LogP contribution in [0.4, 0.5) is 0 Å². The first kappa shape index (κ1) is 19.5. The monoisotopic (exact) mass is 414 g/mol. The van der Waals surface area contributed by atoms with Crippen LogP contribution in [0.1, 0.15) is 18.4 Å². The summed E-state index contributed by atoms with van der Waals surface area (Å²) in [5, 5.41) is 6.15. The lowest BCUT2D eigenvalue weighted by Crippen LogP contribution is -2.42. The van der Waals surface area contributed by atoms with E-state index in [1.165, 1.54) is 10.2 Å². The molecule has 0 unspecified atom stereocenters. The number of aryl methyl sites for hydroxylation is 1. The summed E-state index contributed by atoms with van der Waals surface area (Å²) in [5.41, 5.74) is 2.71. The molecule has 1 fully saturated rings. The largest absolute Gasteiger partial charge is 0.341 e. The fourth-order valence-electron chi connectivity index (χ4n) is 4.79. The van der Waals surface area contributed by atoms with Gasteiger partial charge in [-0.3, -0.25) is 9.59 Å². The van der Waals surface area contributed by atoms with Crippen molar-refractivity contribution in [2.45, 2.75) is 25.8 Å². The second-order valence-corrected chi connectivity index (χ2v) is 8.46. The van der Waals surface area contributed by atoms with Gasteiger partial charge in [0.15, 0.2) is 0 Å². The molecule has 6 heteroatoms. The molecule has 1 saturated heterocycles. The molecule has 158 valence electrons. The minimum absolute atomic E-state index is 0.0142. The number of piperidine rings is 1. The molecule has 2 aromatic heterocycles. The Morgan fingerprint density at radius 2 is 1.71 bits per heavy atom. The minimum Gasteiger partial charge on any atom is -0.341 e. The van der Waals surface area contributed by atoms with Crippen molar-refractivity contribution in [2.75, 3.05) is 13.1 Å². The van der Waals surface area contributed by atoms with Gasteiger partial charge in [-0.25, -0.2) is 4.68 Å². The third kappa shape index (κ3) is 3.63. The molecule has 0 spiro atoms. The Kier molecular flexibility index (Phi) is 5.06. The molecule has 2 aromatic carbocycles. The standard InChI is InChI=1S/C25H26N4O2/c1-27-22-10-6-5-9-20(22)21-16-26-29(25(31)24(21)27)17-23(30)28-13-11-19(12-14-28)15-18-7-3-2-4-8-18/h2-10,16,19H,11-15,17H2,1H3. The van der Waals surface area contributed by atoms with Gasteiger partial charge in [0, 0.05) is 36.4 Å². The SMILES string of the molecule is Cn1c2ccccc2c2cnn(CC(=O)N3CCC(Cc4ccccc4)CC3)c(=O)c21. The van der Waals surface area contributed by atoms with Gasteiger partial charge in [0.2, 0.25) is 5.91 Å². The van der Waals surface area contributed by atoms with Crippen LogP contribution in [0.3, 0.4) is 0 Å². The normalized spacial score (nSPS) is 15.1. The number of amides is 1. The Morgan fingerprint density at radius 1 is 1.00 bits per heavy atom. The Balaban J connectivity index is 1.30. The number of benzene rings is 2. The van der Waals surface area contributed by atoms with Gasteiger partial charge >= 0.3 is 0 Å². The van der Waals surface area contributed by atoms with Crippen LogP contribution in [0.15, 0.2) is 65.6 Å². The van der Waals surface area contributed by atoms with Crippen LogP contribution in [-0.2, 0) is 24.8 Å². The molecular weight excluding hydrogens is 388 g/mol. The highest BCUT2D eigenvalue weighted by atomic mass is 16.2. The molecule has 1 amide bonds. The molecule has 0 bridgehead atoms. The van der Waals surface area contributed by atoms with Gasteiger partial charge in [0.1, 0.15) is 12.1 Å². The summed E-state index contributed by atoms with van der Waals surface area (Å²) in [6.07, 6.45) is 4.75. The van der Waals surface area contributed by atoms with Gasteiger partial charge in [-0.1, -0.05) is 48.5 Å². The maximum absolute atomic E-state index is 13.1. The number of rotatable bonds is 4. The second-order valence-electron chi connectivity index (χ2n) is 8.46. The minimum atomic E-state index is -0.219. The summed E-state index contributed by atoms with van der Waals surface area (Å²) in [6.45, 7) is 1.46. The molecule has 6 nitrogen and oxygen atoms in total. The van der Waals surface area contributed by atoms with Crippen molar-refractivity contribution in [1.82, 2.24) is 19.2 Å². The average molecular weight is 415 g/mol. The van der Waals surface area contributed by atoms with Gasteiger partial charge in [0.25, 0.3) is 5.56 Å². The zero-order valence-electron chi connectivity index (χ0n) is 17.7. The fourth-order valence-corrected chi connectivity index (χ4v) is 4.79. The van der Waals surface area contributed by atoms with Gasteiger partial charge in [-0.2, -0.15) is 5.10 Å². The van der Waals surface area contributed by atoms with E-state index >= 15 is 0 Å². The molecule has 4 aromatic rings. The van der Waals surface area contributed by atoms with Crippen molar-refractivity contribution in [3.05, 3.63) is 76.7 Å². The van der Waals surface area contributed by atoms with Crippen molar-refractivity contribution >= 4 is 27.7 Å². The van der Waals surface area contributed by atoms with Crippen molar-refractivity contribution in [2.24, 2.45) is 13.0 Å². The zero-order valence-corrected chi connectivity index (χ0v) is 17.7. The third-order valence-corrected chi connectivity index (χ3v) is 6.53. The molecule has 3 heterocycles. The molecule has 31 heavy (non-hydrogen) atoms. The molecule has 0 aliphatic carbocycles. The lowest BCUT2D eigenvalue weighted by atomic mass is 9.90. The average Bonchev–Trinajstić information content (AvgIpc) is 3.09. The molecule has 1 aliphatic heterocycles. The van der Waals surface area contributed by atoms with Gasteiger partial charge < -0.3 is 9.47 Å². The van der Waals surface area contributed by atoms with Crippen LogP contribution in [0.5, 0.6) is 0 Å². The highest BCUT2D eigenvalue weighted by Crippen LogP contribution is 2.25. The first-order valence-electron chi connectivity index (χ1n) is 10.9. The van der Waals surface area contributed by atoms with Gasteiger partial charge in [0.05, 0.1) is 6.20 Å². The highest BCUT2D eigenvalue weighted by molar-refractivity contribution is 6.07. The summed E-state index contributed by atoms with van der Waals surface area (Å²) in [5.74, 6) is 0.560. The van der Waals surface area contributed by atoms with Crippen molar-refractivity contribution in [3.8, 4) is 0 Å². The first-order valence-corrected chi connectivity index (χ1v) is 10.9. The van der Waals surface area contributed by atoms with E-state index in [1.54, 1.807) is 6.20 Å². The van der Waals surface area contributed by atoms with E-state index in [4.69, 9.17) is 0 Å².